The second-order valence-corrected chi connectivity index (χ2v) is 6.46. The summed E-state index contributed by atoms with van der Waals surface area (Å²) in [7, 11) is 0. The predicted octanol–water partition coefficient (Wildman–Crippen LogP) is 4.74. The lowest BCUT2D eigenvalue weighted by Crippen LogP contribution is -2.10. The Bertz CT molecular complexity index is 1170. The number of aromatic nitrogens is 3. The number of fused-ring (bicyclic) bond motifs is 1. The molecule has 0 saturated heterocycles. The largest absolute Gasteiger partial charge is 0.494 e. The minimum absolute atomic E-state index is 0.430. The van der Waals surface area contributed by atoms with E-state index in [1.165, 1.54) is 5.39 Å². The minimum Gasteiger partial charge on any atom is -0.494 e. The smallest absolute Gasteiger partial charge is 0.216 e. The maximum atomic E-state index is 5.49. The van der Waals surface area contributed by atoms with Crippen LogP contribution in [0.25, 0.3) is 22.2 Å². The van der Waals surface area contributed by atoms with Crippen LogP contribution in [0.1, 0.15) is 12.5 Å². The molecule has 1 heterocycles. The summed E-state index contributed by atoms with van der Waals surface area (Å²) in [5.41, 5.74) is 4.88. The molecule has 0 aliphatic rings. The first-order valence-corrected chi connectivity index (χ1v) is 9.34. The molecule has 0 saturated carbocycles. The van der Waals surface area contributed by atoms with Crippen molar-refractivity contribution in [3.8, 4) is 17.1 Å². The Hall–Kier alpha value is -3.45. The Morgan fingerprint density at radius 1 is 1.11 bits per heavy atom. The highest BCUT2D eigenvalue weighted by Crippen LogP contribution is 2.21. The molecule has 28 heavy (non-hydrogen) atoms. The molecule has 0 fully saturated rings. The van der Waals surface area contributed by atoms with E-state index in [4.69, 9.17) is 17.0 Å². The molecule has 0 spiro atoms. The van der Waals surface area contributed by atoms with Gasteiger partial charge in [0.05, 0.1) is 12.8 Å². The molecular weight excluding hydrogens is 370 g/mol. The van der Waals surface area contributed by atoms with Crippen LogP contribution in [0, 0.1) is 4.77 Å². The van der Waals surface area contributed by atoms with Crippen molar-refractivity contribution in [1.29, 1.82) is 0 Å². The summed E-state index contributed by atoms with van der Waals surface area (Å²) in [6, 6.07) is 22.0. The van der Waals surface area contributed by atoms with Gasteiger partial charge in [-0.15, -0.1) is 0 Å². The maximum Gasteiger partial charge on any atom is 0.216 e. The van der Waals surface area contributed by atoms with Gasteiger partial charge in [0.1, 0.15) is 5.75 Å². The average Bonchev–Trinajstić information content (AvgIpc) is 3.09. The van der Waals surface area contributed by atoms with E-state index in [1.54, 1.807) is 10.9 Å². The highest BCUT2D eigenvalue weighted by molar-refractivity contribution is 7.71. The van der Waals surface area contributed by atoms with Gasteiger partial charge in [-0.25, -0.2) is 10.6 Å². The van der Waals surface area contributed by atoms with Crippen LogP contribution in [-0.4, -0.2) is 27.7 Å². The van der Waals surface area contributed by atoms with Gasteiger partial charge in [0.25, 0.3) is 0 Å². The molecule has 0 aliphatic heterocycles. The number of H-pyrrole nitrogens is 1. The Morgan fingerprint density at radius 2 is 1.89 bits per heavy atom. The van der Waals surface area contributed by atoms with Gasteiger partial charge in [-0.2, -0.15) is 14.9 Å². The third-order valence-corrected chi connectivity index (χ3v) is 4.55. The number of benzene rings is 3. The van der Waals surface area contributed by atoms with E-state index >= 15 is 0 Å². The van der Waals surface area contributed by atoms with Crippen LogP contribution in [0.2, 0.25) is 0 Å². The SMILES string of the molecule is CCOc1ccc(-c2n[nH]c(=S)n2N/N=C/c2cccc3ccccc23)cc1. The Labute approximate surface area is 167 Å². The van der Waals surface area contributed by atoms with Crippen molar-refractivity contribution in [2.45, 2.75) is 6.92 Å². The summed E-state index contributed by atoms with van der Waals surface area (Å²) >= 11 is 5.33. The lowest BCUT2D eigenvalue weighted by atomic mass is 10.1. The van der Waals surface area contributed by atoms with Crippen molar-refractivity contribution < 1.29 is 4.74 Å². The first kappa shape index (κ1) is 17.9. The van der Waals surface area contributed by atoms with E-state index in [9.17, 15) is 0 Å². The number of ether oxygens (including phenoxy) is 1. The van der Waals surface area contributed by atoms with Gasteiger partial charge in [0.15, 0.2) is 5.82 Å². The number of nitrogens with one attached hydrogen (secondary N) is 2. The van der Waals surface area contributed by atoms with Gasteiger partial charge < -0.3 is 4.74 Å². The molecule has 0 radical (unpaired) electrons. The van der Waals surface area contributed by atoms with Gasteiger partial charge in [0.2, 0.25) is 4.77 Å². The second kappa shape index (κ2) is 8.06. The molecule has 0 amide bonds. The number of aromatic amines is 1. The normalized spacial score (nSPS) is 11.2. The first-order chi connectivity index (χ1) is 13.8. The molecule has 1 aromatic heterocycles. The molecule has 2 N–H and O–H groups in total. The molecular formula is C21H19N5OS. The van der Waals surface area contributed by atoms with Crippen molar-refractivity contribution in [3.05, 3.63) is 77.1 Å². The van der Waals surface area contributed by atoms with Gasteiger partial charge in [-0.05, 0) is 54.2 Å². The monoisotopic (exact) mass is 389 g/mol. The number of hydrazone groups is 1. The van der Waals surface area contributed by atoms with Crippen LogP contribution in [0.15, 0.2) is 71.8 Å². The summed E-state index contributed by atoms with van der Waals surface area (Å²) in [5.74, 6) is 1.46. The highest BCUT2D eigenvalue weighted by atomic mass is 32.1. The predicted molar refractivity (Wildman–Crippen MR) is 115 cm³/mol. The number of rotatable bonds is 6. The third kappa shape index (κ3) is 3.65. The molecule has 3 aromatic carbocycles. The summed E-state index contributed by atoms with van der Waals surface area (Å²) in [6.45, 7) is 2.58. The van der Waals surface area contributed by atoms with E-state index in [1.807, 2.05) is 55.5 Å². The van der Waals surface area contributed by atoms with Gasteiger partial charge >= 0.3 is 0 Å². The van der Waals surface area contributed by atoms with Gasteiger partial charge in [0, 0.05) is 11.1 Å². The van der Waals surface area contributed by atoms with Crippen LogP contribution in [0.5, 0.6) is 5.75 Å². The number of hydrogen-bond acceptors (Lipinski definition) is 5. The first-order valence-electron chi connectivity index (χ1n) is 8.94. The lowest BCUT2D eigenvalue weighted by Gasteiger charge is -2.07. The van der Waals surface area contributed by atoms with E-state index in [2.05, 4.69) is 39.0 Å². The topological polar surface area (TPSA) is 67.2 Å². The van der Waals surface area contributed by atoms with Crippen molar-refractivity contribution in [3.63, 3.8) is 0 Å². The van der Waals surface area contributed by atoms with E-state index in [0.29, 0.717) is 17.2 Å². The standard InChI is InChI=1S/C21H19N5OS/c1-2-27-18-12-10-16(11-13-18)20-23-24-21(28)26(20)25-22-14-17-8-5-7-15-6-3-4-9-19(15)17/h3-14,25H,2H2,1H3,(H,24,28)/b22-14+. The van der Waals surface area contributed by atoms with Crippen LogP contribution in [0.3, 0.4) is 0 Å². The molecule has 140 valence electrons. The summed E-state index contributed by atoms with van der Waals surface area (Å²) in [6.07, 6.45) is 1.78. The van der Waals surface area contributed by atoms with Crippen LogP contribution >= 0.6 is 12.2 Å². The molecule has 7 heteroatoms. The van der Waals surface area contributed by atoms with Crippen molar-refractivity contribution >= 4 is 29.2 Å². The average molecular weight is 389 g/mol. The quantitative estimate of drug-likeness (QED) is 0.284. The van der Waals surface area contributed by atoms with Crippen LogP contribution < -0.4 is 10.3 Å². The zero-order chi connectivity index (χ0) is 19.3. The van der Waals surface area contributed by atoms with Crippen LogP contribution in [0.4, 0.5) is 0 Å². The van der Waals surface area contributed by atoms with E-state index < -0.39 is 0 Å². The highest BCUT2D eigenvalue weighted by Gasteiger charge is 2.08. The zero-order valence-corrected chi connectivity index (χ0v) is 16.1. The molecule has 4 aromatic rings. The van der Waals surface area contributed by atoms with Crippen molar-refractivity contribution in [2.75, 3.05) is 12.1 Å². The Balaban J connectivity index is 1.59. The minimum atomic E-state index is 0.430. The summed E-state index contributed by atoms with van der Waals surface area (Å²) < 4.78 is 7.55. The maximum absolute atomic E-state index is 5.49. The molecule has 0 bridgehead atoms. The van der Waals surface area contributed by atoms with E-state index in [0.717, 1.165) is 22.3 Å². The Morgan fingerprint density at radius 3 is 2.71 bits per heavy atom. The fourth-order valence-electron chi connectivity index (χ4n) is 2.97. The summed E-state index contributed by atoms with van der Waals surface area (Å²) in [5, 5.41) is 13.8. The molecule has 0 atom stereocenters. The fourth-order valence-corrected chi connectivity index (χ4v) is 3.14. The molecule has 0 unspecified atom stereocenters. The lowest BCUT2D eigenvalue weighted by molar-refractivity contribution is 0.340. The van der Waals surface area contributed by atoms with Gasteiger partial charge in [-0.3, -0.25) is 0 Å². The van der Waals surface area contributed by atoms with Crippen molar-refractivity contribution in [1.82, 2.24) is 14.9 Å². The summed E-state index contributed by atoms with van der Waals surface area (Å²) in [4.78, 5) is 0. The third-order valence-electron chi connectivity index (χ3n) is 4.28. The van der Waals surface area contributed by atoms with Crippen LogP contribution in [-0.2, 0) is 0 Å². The Kier molecular flexibility index (Phi) is 5.16. The van der Waals surface area contributed by atoms with Crippen molar-refractivity contribution in [2.24, 2.45) is 5.10 Å². The molecule has 0 aliphatic carbocycles. The zero-order valence-electron chi connectivity index (χ0n) is 15.3. The number of hydrogen-bond donors (Lipinski definition) is 2. The van der Waals surface area contributed by atoms with Gasteiger partial charge in [-0.1, -0.05) is 42.5 Å². The second-order valence-electron chi connectivity index (χ2n) is 6.07. The fraction of sp³-hybridized carbons (Fsp3) is 0.0952. The van der Waals surface area contributed by atoms with E-state index in [-0.39, 0.29) is 0 Å². The number of nitrogens with zero attached hydrogens (tertiary/aromatic N) is 3. The molecule has 6 nitrogen and oxygen atoms in total. The molecule has 4 rings (SSSR count).